The van der Waals surface area contributed by atoms with E-state index in [1.807, 2.05) is 24.4 Å². The summed E-state index contributed by atoms with van der Waals surface area (Å²) in [6, 6.07) is 5.95. The monoisotopic (exact) mass is 213 g/mol. The second kappa shape index (κ2) is 3.74. The molecular formula is C13H15N3. The molecule has 0 saturated carbocycles. The maximum Gasteiger partial charge on any atom is 0.109 e. The Morgan fingerprint density at radius 2 is 2.25 bits per heavy atom. The van der Waals surface area contributed by atoms with Gasteiger partial charge in [0.25, 0.3) is 0 Å². The highest BCUT2D eigenvalue weighted by Crippen LogP contribution is 2.23. The van der Waals surface area contributed by atoms with Gasteiger partial charge >= 0.3 is 0 Å². The standard InChI is InChI=1S/C13H15N3/c1-10-5-6-13-15-12(9-16(13)8-10)11-4-2-3-7-14-11/h2-4,7,9-10H,5-6,8H2,1H3/t10-/m1/s1. The maximum atomic E-state index is 4.66. The van der Waals surface area contributed by atoms with Crippen LogP contribution in [0.1, 0.15) is 19.2 Å². The van der Waals surface area contributed by atoms with Gasteiger partial charge in [0.05, 0.1) is 5.69 Å². The lowest BCUT2D eigenvalue weighted by atomic mass is 10.0. The van der Waals surface area contributed by atoms with E-state index in [4.69, 9.17) is 0 Å². The van der Waals surface area contributed by atoms with Gasteiger partial charge in [-0.3, -0.25) is 4.98 Å². The number of hydrogen-bond acceptors (Lipinski definition) is 2. The van der Waals surface area contributed by atoms with Crippen LogP contribution in [-0.4, -0.2) is 14.5 Å². The quantitative estimate of drug-likeness (QED) is 0.728. The second-order valence-corrected chi connectivity index (χ2v) is 4.55. The van der Waals surface area contributed by atoms with E-state index in [1.54, 1.807) is 0 Å². The van der Waals surface area contributed by atoms with Crippen LogP contribution in [0.4, 0.5) is 0 Å². The molecule has 16 heavy (non-hydrogen) atoms. The predicted octanol–water partition coefficient (Wildman–Crippen LogP) is 2.53. The van der Waals surface area contributed by atoms with Crippen molar-refractivity contribution in [1.29, 1.82) is 0 Å². The molecule has 0 N–H and O–H groups in total. The Kier molecular flexibility index (Phi) is 2.24. The van der Waals surface area contributed by atoms with Crippen molar-refractivity contribution in [3.63, 3.8) is 0 Å². The first-order chi connectivity index (χ1) is 7.83. The Morgan fingerprint density at radius 3 is 3.06 bits per heavy atom. The Morgan fingerprint density at radius 1 is 1.31 bits per heavy atom. The second-order valence-electron chi connectivity index (χ2n) is 4.55. The molecule has 0 amide bonds. The first kappa shape index (κ1) is 9.58. The van der Waals surface area contributed by atoms with E-state index in [1.165, 1.54) is 12.2 Å². The van der Waals surface area contributed by atoms with Crippen LogP contribution >= 0.6 is 0 Å². The number of aryl methyl sites for hydroxylation is 1. The van der Waals surface area contributed by atoms with Crippen molar-refractivity contribution in [3.8, 4) is 11.4 Å². The zero-order valence-corrected chi connectivity index (χ0v) is 9.43. The van der Waals surface area contributed by atoms with Crippen molar-refractivity contribution in [2.45, 2.75) is 26.3 Å². The minimum absolute atomic E-state index is 0.762. The van der Waals surface area contributed by atoms with Crippen molar-refractivity contribution in [2.24, 2.45) is 5.92 Å². The van der Waals surface area contributed by atoms with E-state index in [2.05, 4.69) is 27.7 Å². The Hall–Kier alpha value is -1.64. The molecule has 2 aromatic rings. The number of imidazole rings is 1. The fourth-order valence-electron chi connectivity index (χ4n) is 2.25. The van der Waals surface area contributed by atoms with Crippen LogP contribution in [0, 0.1) is 5.92 Å². The fraction of sp³-hybridized carbons (Fsp3) is 0.385. The first-order valence-electron chi connectivity index (χ1n) is 5.80. The van der Waals surface area contributed by atoms with Crippen LogP contribution in [0.3, 0.4) is 0 Å². The molecule has 3 rings (SSSR count). The number of fused-ring (bicyclic) bond motifs is 1. The average molecular weight is 213 g/mol. The van der Waals surface area contributed by atoms with Gasteiger partial charge in [0.2, 0.25) is 0 Å². The van der Waals surface area contributed by atoms with Crippen LogP contribution in [0.15, 0.2) is 30.6 Å². The third-order valence-corrected chi connectivity index (χ3v) is 3.16. The van der Waals surface area contributed by atoms with Crippen LogP contribution in [-0.2, 0) is 13.0 Å². The first-order valence-corrected chi connectivity index (χ1v) is 5.80. The summed E-state index contributed by atoms with van der Waals surface area (Å²) in [5.74, 6) is 1.97. The molecule has 0 aliphatic carbocycles. The van der Waals surface area contributed by atoms with Gasteiger partial charge in [-0.1, -0.05) is 13.0 Å². The number of hydrogen-bond donors (Lipinski definition) is 0. The van der Waals surface area contributed by atoms with Gasteiger partial charge in [-0.15, -0.1) is 0 Å². The number of pyridine rings is 1. The summed E-state index contributed by atoms with van der Waals surface area (Å²) in [4.78, 5) is 8.99. The maximum absolute atomic E-state index is 4.66. The predicted molar refractivity (Wildman–Crippen MR) is 62.9 cm³/mol. The Labute approximate surface area is 95.2 Å². The highest BCUT2D eigenvalue weighted by Gasteiger charge is 2.17. The smallest absolute Gasteiger partial charge is 0.109 e. The third kappa shape index (κ3) is 1.62. The SMILES string of the molecule is C[C@@H]1CCc2nc(-c3ccccn3)cn2C1. The van der Waals surface area contributed by atoms with Gasteiger partial charge in [-0.25, -0.2) is 4.98 Å². The van der Waals surface area contributed by atoms with Crippen molar-refractivity contribution in [2.75, 3.05) is 0 Å². The van der Waals surface area contributed by atoms with E-state index in [0.29, 0.717) is 0 Å². The van der Waals surface area contributed by atoms with Crippen molar-refractivity contribution < 1.29 is 0 Å². The number of rotatable bonds is 1. The molecular weight excluding hydrogens is 198 g/mol. The van der Waals surface area contributed by atoms with E-state index >= 15 is 0 Å². The van der Waals surface area contributed by atoms with Gasteiger partial charge in [-0.2, -0.15) is 0 Å². The van der Waals surface area contributed by atoms with E-state index in [9.17, 15) is 0 Å². The fourth-order valence-corrected chi connectivity index (χ4v) is 2.25. The van der Waals surface area contributed by atoms with Gasteiger partial charge in [0, 0.05) is 25.4 Å². The van der Waals surface area contributed by atoms with Crippen LogP contribution in [0.2, 0.25) is 0 Å². The molecule has 82 valence electrons. The van der Waals surface area contributed by atoms with Crippen LogP contribution < -0.4 is 0 Å². The van der Waals surface area contributed by atoms with Crippen molar-refractivity contribution in [1.82, 2.24) is 14.5 Å². The number of aromatic nitrogens is 3. The molecule has 2 aromatic heterocycles. The highest BCUT2D eigenvalue weighted by molar-refractivity contribution is 5.53. The largest absolute Gasteiger partial charge is 0.334 e. The zero-order chi connectivity index (χ0) is 11.0. The molecule has 0 saturated heterocycles. The zero-order valence-electron chi connectivity index (χ0n) is 9.43. The molecule has 1 atom stereocenters. The van der Waals surface area contributed by atoms with Gasteiger partial charge in [0.15, 0.2) is 0 Å². The van der Waals surface area contributed by atoms with Gasteiger partial charge in [-0.05, 0) is 24.5 Å². The van der Waals surface area contributed by atoms with E-state index in [-0.39, 0.29) is 0 Å². The average Bonchev–Trinajstić information content (AvgIpc) is 2.73. The van der Waals surface area contributed by atoms with Crippen molar-refractivity contribution >= 4 is 0 Å². The van der Waals surface area contributed by atoms with Crippen LogP contribution in [0.5, 0.6) is 0 Å². The number of nitrogens with zero attached hydrogens (tertiary/aromatic N) is 3. The summed E-state index contributed by atoms with van der Waals surface area (Å²) in [7, 11) is 0. The van der Waals surface area contributed by atoms with Gasteiger partial charge in [0.1, 0.15) is 11.5 Å². The normalized spacial score (nSPS) is 19.4. The molecule has 3 heterocycles. The van der Waals surface area contributed by atoms with Crippen LogP contribution in [0.25, 0.3) is 11.4 Å². The molecule has 1 aliphatic heterocycles. The summed E-state index contributed by atoms with van der Waals surface area (Å²) >= 11 is 0. The summed E-state index contributed by atoms with van der Waals surface area (Å²) in [6.45, 7) is 3.39. The Bertz CT molecular complexity index is 487. The molecule has 0 bridgehead atoms. The highest BCUT2D eigenvalue weighted by atomic mass is 15.1. The van der Waals surface area contributed by atoms with E-state index < -0.39 is 0 Å². The Balaban J connectivity index is 1.99. The molecule has 0 radical (unpaired) electrons. The molecule has 1 aliphatic rings. The molecule has 3 heteroatoms. The van der Waals surface area contributed by atoms with Crippen molar-refractivity contribution in [3.05, 3.63) is 36.4 Å². The lowest BCUT2D eigenvalue weighted by molar-refractivity contribution is 0.394. The summed E-state index contributed by atoms with van der Waals surface area (Å²) < 4.78 is 2.28. The minimum atomic E-state index is 0.762. The summed E-state index contributed by atoms with van der Waals surface area (Å²) in [5, 5.41) is 0. The molecule has 0 aromatic carbocycles. The topological polar surface area (TPSA) is 30.7 Å². The summed E-state index contributed by atoms with van der Waals surface area (Å²) in [5.41, 5.74) is 1.97. The molecule has 0 fully saturated rings. The summed E-state index contributed by atoms with van der Waals surface area (Å²) in [6.07, 6.45) is 6.29. The van der Waals surface area contributed by atoms with Gasteiger partial charge < -0.3 is 4.57 Å². The molecule has 0 spiro atoms. The minimum Gasteiger partial charge on any atom is -0.334 e. The lowest BCUT2D eigenvalue weighted by Gasteiger charge is -2.19. The van der Waals surface area contributed by atoms with E-state index in [0.717, 1.165) is 30.3 Å². The molecule has 0 unspecified atom stereocenters. The lowest BCUT2D eigenvalue weighted by Crippen LogP contribution is -2.17. The third-order valence-electron chi connectivity index (χ3n) is 3.16. The molecule has 3 nitrogen and oxygen atoms in total.